The molecule has 0 radical (unpaired) electrons. The van der Waals surface area contributed by atoms with Crippen molar-refractivity contribution in [3.63, 3.8) is 0 Å². The lowest BCUT2D eigenvalue weighted by Crippen LogP contribution is -2.47. The molecular weight excluding hydrogens is 286 g/mol. The second-order valence-electron chi connectivity index (χ2n) is 6.11. The van der Waals surface area contributed by atoms with Crippen molar-refractivity contribution in [2.24, 2.45) is 21.6 Å². The summed E-state index contributed by atoms with van der Waals surface area (Å²) in [5.74, 6) is -0.0175. The maximum Gasteiger partial charge on any atom is 0.336 e. The van der Waals surface area contributed by atoms with Gasteiger partial charge < -0.3 is 4.74 Å². The third-order valence-corrected chi connectivity index (χ3v) is 5.00. The van der Waals surface area contributed by atoms with E-state index in [1.54, 1.807) is 12.1 Å². The number of nitro groups is 1. The number of nitrogens with zero attached hydrogens (tertiary/aromatic N) is 3. The van der Waals surface area contributed by atoms with Gasteiger partial charge in [0.1, 0.15) is 0 Å². The van der Waals surface area contributed by atoms with Gasteiger partial charge in [-0.3, -0.25) is 10.1 Å². The standard InChI is InChI=1S/C15H17N3O4/c1-10-7-14(10)9-16-17-15(14,13(19)22-2)8-11-3-5-12(6-4-11)18(20)21/h3-6,10H,7-9H2,1-2H3/t10-,14-,15-/m0/s1. The van der Waals surface area contributed by atoms with Crippen molar-refractivity contribution in [2.45, 2.75) is 25.3 Å². The van der Waals surface area contributed by atoms with E-state index in [9.17, 15) is 14.9 Å². The van der Waals surface area contributed by atoms with E-state index in [1.165, 1.54) is 19.2 Å². The molecule has 7 nitrogen and oxygen atoms in total. The lowest BCUT2D eigenvalue weighted by atomic mass is 9.76. The Bertz CT molecular complexity index is 657. The number of carbonyl (C=O) groups is 1. The van der Waals surface area contributed by atoms with Gasteiger partial charge in [-0.2, -0.15) is 10.2 Å². The molecule has 0 amide bonds. The van der Waals surface area contributed by atoms with Crippen LogP contribution in [0.15, 0.2) is 34.5 Å². The van der Waals surface area contributed by atoms with Crippen LogP contribution in [0.4, 0.5) is 5.69 Å². The van der Waals surface area contributed by atoms with E-state index in [-0.39, 0.29) is 17.1 Å². The Labute approximate surface area is 127 Å². The zero-order chi connectivity index (χ0) is 16.0. The van der Waals surface area contributed by atoms with E-state index in [0.717, 1.165) is 12.0 Å². The maximum atomic E-state index is 12.4. The third kappa shape index (κ3) is 1.92. The molecule has 3 atom stereocenters. The number of carbonyl (C=O) groups excluding carboxylic acids is 1. The molecule has 0 saturated heterocycles. The number of esters is 1. The summed E-state index contributed by atoms with van der Waals surface area (Å²) in [6, 6.07) is 6.21. The Morgan fingerprint density at radius 3 is 2.59 bits per heavy atom. The Morgan fingerprint density at radius 2 is 2.09 bits per heavy atom. The van der Waals surface area contributed by atoms with Gasteiger partial charge in [0.25, 0.3) is 5.69 Å². The highest BCUT2D eigenvalue weighted by Crippen LogP contribution is 2.64. The SMILES string of the molecule is COC(=O)[C@]1(Cc2ccc([N+](=O)[O-])cc2)N=NC[C@]12C[C@@H]2C. The summed E-state index contributed by atoms with van der Waals surface area (Å²) in [6.07, 6.45) is 1.24. The Hall–Kier alpha value is -2.31. The summed E-state index contributed by atoms with van der Waals surface area (Å²) in [5.41, 5.74) is -0.423. The predicted molar refractivity (Wildman–Crippen MR) is 77.5 cm³/mol. The first-order valence-electron chi connectivity index (χ1n) is 7.15. The lowest BCUT2D eigenvalue weighted by molar-refractivity contribution is -0.384. The minimum Gasteiger partial charge on any atom is -0.467 e. The lowest BCUT2D eigenvalue weighted by Gasteiger charge is -2.29. The number of non-ortho nitro benzene ring substituents is 1. The van der Waals surface area contributed by atoms with Gasteiger partial charge in [-0.15, -0.1) is 0 Å². The molecule has 116 valence electrons. The molecule has 1 aliphatic heterocycles. The summed E-state index contributed by atoms with van der Waals surface area (Å²) in [4.78, 5) is 22.7. The topological polar surface area (TPSA) is 94.2 Å². The molecule has 0 N–H and O–H groups in total. The van der Waals surface area contributed by atoms with Crippen molar-refractivity contribution in [1.82, 2.24) is 0 Å². The van der Waals surface area contributed by atoms with Crippen molar-refractivity contribution in [3.05, 3.63) is 39.9 Å². The summed E-state index contributed by atoms with van der Waals surface area (Å²) in [6.45, 7) is 2.63. The van der Waals surface area contributed by atoms with Gasteiger partial charge in [-0.05, 0) is 17.9 Å². The molecule has 1 spiro atoms. The molecular formula is C15H17N3O4. The molecule has 3 rings (SSSR count). The monoisotopic (exact) mass is 303 g/mol. The molecule has 0 aromatic heterocycles. The summed E-state index contributed by atoms with van der Waals surface area (Å²) in [5, 5.41) is 19.1. The van der Waals surface area contributed by atoms with Crippen LogP contribution in [-0.4, -0.2) is 30.1 Å². The fraction of sp³-hybridized carbons (Fsp3) is 0.533. The van der Waals surface area contributed by atoms with Gasteiger partial charge in [0, 0.05) is 24.0 Å². The van der Waals surface area contributed by atoms with E-state index in [4.69, 9.17) is 4.74 Å². The molecule has 2 aliphatic rings. The van der Waals surface area contributed by atoms with E-state index >= 15 is 0 Å². The molecule has 1 heterocycles. The molecule has 1 aromatic rings. The first-order valence-corrected chi connectivity index (χ1v) is 7.15. The van der Waals surface area contributed by atoms with Gasteiger partial charge in [0.05, 0.1) is 18.6 Å². The fourth-order valence-corrected chi connectivity index (χ4v) is 3.52. The van der Waals surface area contributed by atoms with Crippen LogP contribution < -0.4 is 0 Å². The van der Waals surface area contributed by atoms with Gasteiger partial charge >= 0.3 is 5.97 Å². The number of nitro benzene ring substituents is 1. The fourth-order valence-electron chi connectivity index (χ4n) is 3.52. The van der Waals surface area contributed by atoms with Crippen LogP contribution >= 0.6 is 0 Å². The average Bonchev–Trinajstić information content (AvgIpc) is 3.02. The highest BCUT2D eigenvalue weighted by molar-refractivity contribution is 5.84. The highest BCUT2D eigenvalue weighted by atomic mass is 16.6. The molecule has 1 fully saturated rings. The maximum absolute atomic E-state index is 12.4. The molecule has 1 saturated carbocycles. The van der Waals surface area contributed by atoms with Gasteiger partial charge in [0.2, 0.25) is 0 Å². The first-order chi connectivity index (χ1) is 10.4. The molecule has 1 aromatic carbocycles. The molecule has 0 unspecified atom stereocenters. The van der Waals surface area contributed by atoms with E-state index in [1.807, 2.05) is 0 Å². The minimum absolute atomic E-state index is 0.0263. The number of rotatable bonds is 4. The second-order valence-corrected chi connectivity index (χ2v) is 6.11. The quantitative estimate of drug-likeness (QED) is 0.485. The van der Waals surface area contributed by atoms with Crippen molar-refractivity contribution >= 4 is 11.7 Å². The number of azo groups is 1. The molecule has 22 heavy (non-hydrogen) atoms. The number of hydrogen-bond acceptors (Lipinski definition) is 6. The molecule has 0 bridgehead atoms. The Morgan fingerprint density at radius 1 is 1.45 bits per heavy atom. The second kappa shape index (κ2) is 4.86. The number of hydrogen-bond donors (Lipinski definition) is 0. The van der Waals surface area contributed by atoms with Gasteiger partial charge in [-0.25, -0.2) is 4.79 Å². The smallest absolute Gasteiger partial charge is 0.336 e. The predicted octanol–water partition coefficient (Wildman–Crippen LogP) is 2.54. The van der Waals surface area contributed by atoms with Crippen molar-refractivity contribution in [2.75, 3.05) is 13.7 Å². The zero-order valence-electron chi connectivity index (χ0n) is 12.5. The summed E-state index contributed by atoms with van der Waals surface area (Å²) < 4.78 is 4.99. The Balaban J connectivity index is 1.93. The van der Waals surface area contributed by atoms with Crippen molar-refractivity contribution in [3.8, 4) is 0 Å². The summed E-state index contributed by atoms with van der Waals surface area (Å²) in [7, 11) is 1.36. The van der Waals surface area contributed by atoms with E-state index in [2.05, 4.69) is 17.2 Å². The van der Waals surface area contributed by atoms with Crippen molar-refractivity contribution < 1.29 is 14.5 Å². The number of benzene rings is 1. The van der Waals surface area contributed by atoms with Crippen LogP contribution in [0.2, 0.25) is 0 Å². The summed E-state index contributed by atoms with van der Waals surface area (Å²) >= 11 is 0. The average molecular weight is 303 g/mol. The largest absolute Gasteiger partial charge is 0.467 e. The van der Waals surface area contributed by atoms with Crippen LogP contribution in [0, 0.1) is 21.4 Å². The third-order valence-electron chi connectivity index (χ3n) is 5.00. The normalized spacial score (nSPS) is 32.2. The number of methoxy groups -OCH3 is 1. The van der Waals surface area contributed by atoms with E-state index in [0.29, 0.717) is 18.9 Å². The van der Waals surface area contributed by atoms with Crippen LogP contribution in [0.3, 0.4) is 0 Å². The highest BCUT2D eigenvalue weighted by Gasteiger charge is 2.71. The van der Waals surface area contributed by atoms with Crippen LogP contribution in [0.5, 0.6) is 0 Å². The molecule has 7 heteroatoms. The molecule has 1 aliphatic carbocycles. The van der Waals surface area contributed by atoms with Gasteiger partial charge in [0.15, 0.2) is 5.54 Å². The van der Waals surface area contributed by atoms with E-state index < -0.39 is 10.5 Å². The zero-order valence-corrected chi connectivity index (χ0v) is 12.5. The Kier molecular flexibility index (Phi) is 3.23. The van der Waals surface area contributed by atoms with Crippen molar-refractivity contribution in [1.29, 1.82) is 0 Å². The van der Waals surface area contributed by atoms with Crippen LogP contribution in [0.1, 0.15) is 18.9 Å². The van der Waals surface area contributed by atoms with Crippen LogP contribution in [-0.2, 0) is 16.0 Å². The first kappa shape index (κ1) is 14.6. The van der Waals surface area contributed by atoms with Crippen LogP contribution in [0.25, 0.3) is 0 Å². The minimum atomic E-state index is -1.00. The van der Waals surface area contributed by atoms with Gasteiger partial charge in [-0.1, -0.05) is 19.1 Å². The number of ether oxygens (including phenoxy) is 1.